The number of para-hydroxylation sites is 1. The molecule has 2 fully saturated rings. The van der Waals surface area contributed by atoms with Gasteiger partial charge >= 0.3 is 0 Å². The number of methoxy groups -OCH3 is 1. The van der Waals surface area contributed by atoms with Crippen molar-refractivity contribution in [2.24, 2.45) is 11.1 Å². The molecule has 1 aromatic rings. The van der Waals surface area contributed by atoms with E-state index in [2.05, 4.69) is 12.1 Å². The quantitative estimate of drug-likeness (QED) is 0.871. The Hall–Kier alpha value is -1.02. The first-order valence-electron chi connectivity index (χ1n) is 7.60. The van der Waals surface area contributed by atoms with Crippen LogP contribution in [-0.4, -0.2) is 7.11 Å². The maximum absolute atomic E-state index is 6.68. The third-order valence-corrected chi connectivity index (χ3v) is 5.19. The summed E-state index contributed by atoms with van der Waals surface area (Å²) in [6.07, 6.45) is 10.6. The SMILES string of the molecule is COc1ccccc1C1(N)CC2(CCCCCC2)C1. The van der Waals surface area contributed by atoms with Gasteiger partial charge in [0.1, 0.15) is 5.75 Å². The van der Waals surface area contributed by atoms with Gasteiger partial charge in [-0.2, -0.15) is 0 Å². The van der Waals surface area contributed by atoms with Gasteiger partial charge in [0.2, 0.25) is 0 Å². The minimum atomic E-state index is -0.156. The van der Waals surface area contributed by atoms with Crippen LogP contribution in [0, 0.1) is 5.41 Å². The van der Waals surface area contributed by atoms with Crippen molar-refractivity contribution in [3.8, 4) is 5.75 Å². The van der Waals surface area contributed by atoms with Crippen molar-refractivity contribution in [1.29, 1.82) is 0 Å². The summed E-state index contributed by atoms with van der Waals surface area (Å²) < 4.78 is 5.49. The number of hydrogen-bond donors (Lipinski definition) is 1. The first-order chi connectivity index (χ1) is 9.18. The van der Waals surface area contributed by atoms with E-state index in [9.17, 15) is 0 Å². The third-order valence-electron chi connectivity index (χ3n) is 5.19. The molecule has 0 saturated heterocycles. The van der Waals surface area contributed by atoms with Gasteiger partial charge in [-0.25, -0.2) is 0 Å². The highest BCUT2D eigenvalue weighted by Crippen LogP contribution is 2.59. The van der Waals surface area contributed by atoms with Crippen LogP contribution in [0.3, 0.4) is 0 Å². The molecule has 2 nitrogen and oxygen atoms in total. The minimum absolute atomic E-state index is 0.156. The summed E-state index contributed by atoms with van der Waals surface area (Å²) in [5.74, 6) is 0.952. The normalized spacial score (nSPS) is 24.5. The van der Waals surface area contributed by atoms with Crippen LogP contribution in [0.15, 0.2) is 24.3 Å². The van der Waals surface area contributed by atoms with Crippen molar-refractivity contribution in [1.82, 2.24) is 0 Å². The number of rotatable bonds is 2. The van der Waals surface area contributed by atoms with Gasteiger partial charge in [0.25, 0.3) is 0 Å². The van der Waals surface area contributed by atoms with Crippen molar-refractivity contribution in [3.05, 3.63) is 29.8 Å². The maximum atomic E-state index is 6.68. The van der Waals surface area contributed by atoms with Gasteiger partial charge in [-0.05, 0) is 37.2 Å². The van der Waals surface area contributed by atoms with Crippen molar-refractivity contribution in [2.45, 2.75) is 56.9 Å². The fraction of sp³-hybridized carbons (Fsp3) is 0.647. The topological polar surface area (TPSA) is 35.2 Å². The Bertz CT molecular complexity index is 438. The van der Waals surface area contributed by atoms with E-state index in [1.54, 1.807) is 7.11 Å². The molecule has 3 rings (SSSR count). The highest BCUT2D eigenvalue weighted by molar-refractivity contribution is 5.41. The molecular weight excluding hydrogens is 234 g/mol. The van der Waals surface area contributed by atoms with Crippen LogP contribution in [0.1, 0.15) is 56.9 Å². The summed E-state index contributed by atoms with van der Waals surface area (Å²) in [6.45, 7) is 0. The smallest absolute Gasteiger partial charge is 0.123 e. The third kappa shape index (κ3) is 2.27. The van der Waals surface area contributed by atoms with Crippen molar-refractivity contribution < 1.29 is 4.74 Å². The highest BCUT2D eigenvalue weighted by atomic mass is 16.5. The lowest BCUT2D eigenvalue weighted by atomic mass is 9.52. The molecule has 0 radical (unpaired) electrons. The van der Waals surface area contributed by atoms with Gasteiger partial charge in [-0.15, -0.1) is 0 Å². The fourth-order valence-corrected chi connectivity index (χ4v) is 4.37. The first kappa shape index (κ1) is 13.0. The average Bonchev–Trinajstić information content (AvgIpc) is 2.64. The number of hydrogen-bond acceptors (Lipinski definition) is 2. The highest BCUT2D eigenvalue weighted by Gasteiger charge is 2.53. The zero-order valence-electron chi connectivity index (χ0n) is 12.0. The van der Waals surface area contributed by atoms with Crippen LogP contribution in [0.4, 0.5) is 0 Å². The summed E-state index contributed by atoms with van der Waals surface area (Å²) in [5, 5.41) is 0. The van der Waals surface area contributed by atoms with E-state index in [4.69, 9.17) is 10.5 Å². The molecule has 2 N–H and O–H groups in total. The van der Waals surface area contributed by atoms with Crippen molar-refractivity contribution >= 4 is 0 Å². The zero-order valence-corrected chi connectivity index (χ0v) is 12.0. The zero-order chi connectivity index (χ0) is 13.3. The van der Waals surface area contributed by atoms with E-state index in [1.807, 2.05) is 12.1 Å². The van der Waals surface area contributed by atoms with Gasteiger partial charge in [-0.1, -0.05) is 43.9 Å². The molecule has 2 aliphatic carbocycles. The van der Waals surface area contributed by atoms with E-state index in [-0.39, 0.29) is 5.54 Å². The second kappa shape index (κ2) is 4.82. The van der Waals surface area contributed by atoms with Crippen LogP contribution in [0.2, 0.25) is 0 Å². The molecule has 0 aromatic heterocycles. The number of ether oxygens (including phenoxy) is 1. The van der Waals surface area contributed by atoms with E-state index >= 15 is 0 Å². The standard InChI is InChI=1S/C17H25NO/c1-19-15-9-5-4-8-14(15)17(18)12-16(13-17)10-6-2-3-7-11-16/h4-5,8-9H,2-3,6-7,10-13,18H2,1H3. The predicted octanol–water partition coefficient (Wildman–Crippen LogP) is 3.98. The van der Waals surface area contributed by atoms with Gasteiger partial charge in [0.05, 0.1) is 7.11 Å². The van der Waals surface area contributed by atoms with Gasteiger partial charge in [-0.3, -0.25) is 0 Å². The molecule has 1 aromatic carbocycles. The van der Waals surface area contributed by atoms with Crippen LogP contribution in [-0.2, 0) is 5.54 Å². The molecule has 19 heavy (non-hydrogen) atoms. The minimum Gasteiger partial charge on any atom is -0.496 e. The molecule has 2 saturated carbocycles. The second-order valence-electron chi connectivity index (χ2n) is 6.62. The van der Waals surface area contributed by atoms with Gasteiger partial charge in [0, 0.05) is 11.1 Å². The Morgan fingerprint density at radius 1 is 1.00 bits per heavy atom. The number of benzene rings is 1. The molecule has 0 atom stereocenters. The molecule has 0 amide bonds. The Labute approximate surface area is 116 Å². The van der Waals surface area contributed by atoms with Crippen LogP contribution >= 0.6 is 0 Å². The van der Waals surface area contributed by atoms with Crippen LogP contribution in [0.25, 0.3) is 0 Å². The summed E-state index contributed by atoms with van der Waals surface area (Å²) in [6, 6.07) is 8.26. The predicted molar refractivity (Wildman–Crippen MR) is 78.2 cm³/mol. The van der Waals surface area contributed by atoms with Crippen molar-refractivity contribution in [3.63, 3.8) is 0 Å². The second-order valence-corrected chi connectivity index (χ2v) is 6.62. The van der Waals surface area contributed by atoms with Crippen LogP contribution < -0.4 is 10.5 Å². The lowest BCUT2D eigenvalue weighted by Gasteiger charge is -2.55. The maximum Gasteiger partial charge on any atom is 0.123 e. The van der Waals surface area contributed by atoms with Gasteiger partial charge < -0.3 is 10.5 Å². The Balaban J connectivity index is 1.80. The van der Waals surface area contributed by atoms with E-state index < -0.39 is 0 Å². The van der Waals surface area contributed by atoms with E-state index in [0.29, 0.717) is 5.41 Å². The molecule has 0 aliphatic heterocycles. The summed E-state index contributed by atoms with van der Waals surface area (Å²) in [4.78, 5) is 0. The van der Waals surface area contributed by atoms with Crippen LogP contribution in [0.5, 0.6) is 5.75 Å². The van der Waals surface area contributed by atoms with Crippen molar-refractivity contribution in [2.75, 3.05) is 7.11 Å². The molecular formula is C17H25NO. The monoisotopic (exact) mass is 259 g/mol. The molecule has 0 bridgehead atoms. The fourth-order valence-electron chi connectivity index (χ4n) is 4.37. The average molecular weight is 259 g/mol. The lowest BCUT2D eigenvalue weighted by molar-refractivity contribution is 0.00836. The largest absolute Gasteiger partial charge is 0.496 e. The molecule has 0 heterocycles. The van der Waals surface area contributed by atoms with E-state index in [1.165, 1.54) is 44.1 Å². The molecule has 1 spiro atoms. The summed E-state index contributed by atoms with van der Waals surface area (Å²) in [5.41, 5.74) is 8.26. The Kier molecular flexibility index (Phi) is 3.30. The van der Waals surface area contributed by atoms with Gasteiger partial charge in [0.15, 0.2) is 0 Å². The van der Waals surface area contributed by atoms with E-state index in [0.717, 1.165) is 18.6 Å². The lowest BCUT2D eigenvalue weighted by Crippen LogP contribution is -2.55. The number of nitrogens with two attached hydrogens (primary N) is 1. The summed E-state index contributed by atoms with van der Waals surface area (Å²) >= 11 is 0. The molecule has 104 valence electrons. The Morgan fingerprint density at radius 3 is 2.26 bits per heavy atom. The first-order valence-corrected chi connectivity index (χ1v) is 7.60. The summed E-state index contributed by atoms with van der Waals surface area (Å²) in [7, 11) is 1.74. The Morgan fingerprint density at radius 2 is 1.63 bits per heavy atom. The molecule has 2 heteroatoms. The molecule has 0 unspecified atom stereocenters. The molecule has 2 aliphatic rings.